The summed E-state index contributed by atoms with van der Waals surface area (Å²) < 4.78 is 41.0. The number of rotatable bonds is 6. The second-order valence-corrected chi connectivity index (χ2v) is 6.44. The van der Waals surface area contributed by atoms with Gasteiger partial charge in [0.1, 0.15) is 23.8 Å². The Balaban J connectivity index is 1.48. The van der Waals surface area contributed by atoms with Crippen LogP contribution in [0.1, 0.15) is 18.5 Å². The fourth-order valence-corrected chi connectivity index (χ4v) is 2.87. The summed E-state index contributed by atoms with van der Waals surface area (Å²) in [6, 6.07) is 10.8. The molecule has 0 saturated carbocycles. The Hall–Kier alpha value is -3.95. The fourth-order valence-electron chi connectivity index (χ4n) is 2.87. The maximum Gasteiger partial charge on any atom is 0.233 e. The number of H-pyrrole nitrogens is 1. The second kappa shape index (κ2) is 8.19. The second-order valence-electron chi connectivity index (χ2n) is 6.44. The molecule has 0 aliphatic heterocycles. The molecule has 4 rings (SSSR count). The van der Waals surface area contributed by atoms with Gasteiger partial charge in [0, 0.05) is 23.3 Å². The van der Waals surface area contributed by atoms with Gasteiger partial charge in [-0.15, -0.1) is 0 Å². The first-order valence-corrected chi connectivity index (χ1v) is 8.97. The molecule has 0 aliphatic carbocycles. The van der Waals surface area contributed by atoms with Crippen molar-refractivity contribution in [1.82, 2.24) is 25.1 Å². The van der Waals surface area contributed by atoms with Crippen molar-refractivity contribution < 1.29 is 13.2 Å². The molecule has 7 nitrogen and oxygen atoms in total. The minimum absolute atomic E-state index is 0.186. The SMILES string of the molecule is CC(Nc1ncnc(Nc2cc(-c3ccccc3F)[nH]n2)n1)c1ccc(F)cc1F. The van der Waals surface area contributed by atoms with Crippen LogP contribution in [0.3, 0.4) is 0 Å². The van der Waals surface area contributed by atoms with E-state index < -0.39 is 17.7 Å². The molecule has 0 bridgehead atoms. The molecule has 0 radical (unpaired) electrons. The molecule has 4 aromatic rings. The quantitative estimate of drug-likeness (QED) is 0.430. The molecule has 2 aromatic heterocycles. The van der Waals surface area contributed by atoms with Gasteiger partial charge in [0.15, 0.2) is 5.82 Å². The third-order valence-electron chi connectivity index (χ3n) is 4.33. The average Bonchev–Trinajstić information content (AvgIpc) is 3.16. The lowest BCUT2D eigenvalue weighted by Crippen LogP contribution is -2.12. The molecule has 0 amide bonds. The summed E-state index contributed by atoms with van der Waals surface area (Å²) in [5.74, 6) is -0.938. The molecule has 0 fully saturated rings. The standard InChI is InChI=1S/C20H16F3N7/c1-11(13-7-6-12(21)8-16(13)23)26-19-24-10-25-20(28-19)27-18-9-17(29-30-18)14-4-2-3-5-15(14)22/h2-11H,1H3,(H3,24,25,26,27,28,29,30). The number of halogens is 3. The number of nitrogens with zero attached hydrogens (tertiary/aromatic N) is 4. The molecule has 2 heterocycles. The van der Waals surface area contributed by atoms with E-state index in [4.69, 9.17) is 0 Å². The molecular weight excluding hydrogens is 395 g/mol. The van der Waals surface area contributed by atoms with E-state index in [1.165, 1.54) is 24.5 Å². The van der Waals surface area contributed by atoms with Crippen molar-refractivity contribution in [3.05, 3.63) is 77.9 Å². The van der Waals surface area contributed by atoms with Crippen LogP contribution in [0, 0.1) is 17.5 Å². The van der Waals surface area contributed by atoms with E-state index >= 15 is 0 Å². The first kappa shape index (κ1) is 19.4. The zero-order valence-electron chi connectivity index (χ0n) is 15.7. The summed E-state index contributed by atoms with van der Waals surface area (Å²) in [5.41, 5.74) is 1.14. The van der Waals surface area contributed by atoms with Crippen molar-refractivity contribution in [1.29, 1.82) is 0 Å². The first-order chi connectivity index (χ1) is 14.5. The summed E-state index contributed by atoms with van der Waals surface area (Å²) in [5, 5.41) is 12.7. The summed E-state index contributed by atoms with van der Waals surface area (Å²) in [4.78, 5) is 12.2. The molecule has 30 heavy (non-hydrogen) atoms. The lowest BCUT2D eigenvalue weighted by atomic mass is 10.1. The van der Waals surface area contributed by atoms with Crippen molar-refractivity contribution in [2.24, 2.45) is 0 Å². The van der Waals surface area contributed by atoms with Gasteiger partial charge in [0.05, 0.1) is 11.7 Å². The minimum Gasteiger partial charge on any atom is -0.347 e. The Labute approximate surface area is 169 Å². The average molecular weight is 411 g/mol. The molecule has 0 spiro atoms. The van der Waals surface area contributed by atoms with E-state index in [0.717, 1.165) is 6.07 Å². The third kappa shape index (κ3) is 4.22. The number of nitrogens with one attached hydrogen (secondary N) is 3. The Kier molecular flexibility index (Phi) is 5.29. The number of anilines is 3. The van der Waals surface area contributed by atoms with Crippen LogP contribution in [0.5, 0.6) is 0 Å². The van der Waals surface area contributed by atoms with Crippen LogP contribution in [0.2, 0.25) is 0 Å². The molecule has 0 saturated heterocycles. The summed E-state index contributed by atoms with van der Waals surface area (Å²) in [6.07, 6.45) is 1.27. The zero-order chi connectivity index (χ0) is 21.1. The van der Waals surface area contributed by atoms with Gasteiger partial charge in [-0.25, -0.2) is 23.1 Å². The van der Waals surface area contributed by atoms with Crippen molar-refractivity contribution in [2.45, 2.75) is 13.0 Å². The van der Waals surface area contributed by atoms with Crippen LogP contribution in [-0.4, -0.2) is 25.1 Å². The van der Waals surface area contributed by atoms with Crippen molar-refractivity contribution >= 4 is 17.7 Å². The molecule has 0 aliphatic rings. The van der Waals surface area contributed by atoms with Gasteiger partial charge in [0.25, 0.3) is 0 Å². The highest BCUT2D eigenvalue weighted by molar-refractivity contribution is 5.64. The normalized spacial score (nSPS) is 11.9. The highest BCUT2D eigenvalue weighted by Crippen LogP contribution is 2.24. The van der Waals surface area contributed by atoms with Crippen LogP contribution in [0.4, 0.5) is 30.9 Å². The topological polar surface area (TPSA) is 91.4 Å². The molecule has 1 unspecified atom stereocenters. The molecule has 3 N–H and O–H groups in total. The van der Waals surface area contributed by atoms with Gasteiger partial charge < -0.3 is 10.6 Å². The van der Waals surface area contributed by atoms with Gasteiger partial charge in [-0.3, -0.25) is 5.10 Å². The minimum atomic E-state index is -0.667. The van der Waals surface area contributed by atoms with Crippen molar-refractivity contribution in [3.8, 4) is 11.3 Å². The monoisotopic (exact) mass is 411 g/mol. The van der Waals surface area contributed by atoms with E-state index in [1.807, 2.05) is 0 Å². The Morgan fingerprint density at radius 3 is 2.53 bits per heavy atom. The number of aromatic amines is 1. The van der Waals surface area contributed by atoms with E-state index in [9.17, 15) is 13.2 Å². The van der Waals surface area contributed by atoms with Gasteiger partial charge in [-0.05, 0) is 25.1 Å². The largest absolute Gasteiger partial charge is 0.347 e. The van der Waals surface area contributed by atoms with Gasteiger partial charge in [0.2, 0.25) is 11.9 Å². The molecule has 152 valence electrons. The van der Waals surface area contributed by atoms with Crippen LogP contribution in [-0.2, 0) is 0 Å². The number of hydrogen-bond acceptors (Lipinski definition) is 6. The van der Waals surface area contributed by atoms with E-state index in [-0.39, 0.29) is 23.3 Å². The Bertz CT molecular complexity index is 1180. The highest BCUT2D eigenvalue weighted by Gasteiger charge is 2.14. The van der Waals surface area contributed by atoms with Crippen LogP contribution in [0.15, 0.2) is 54.9 Å². The molecule has 1 atom stereocenters. The Morgan fingerprint density at radius 2 is 1.73 bits per heavy atom. The predicted molar refractivity (Wildman–Crippen MR) is 105 cm³/mol. The number of hydrogen-bond donors (Lipinski definition) is 3. The maximum absolute atomic E-state index is 14.0. The summed E-state index contributed by atoms with van der Waals surface area (Å²) in [6.45, 7) is 1.70. The smallest absolute Gasteiger partial charge is 0.233 e. The van der Waals surface area contributed by atoms with Crippen LogP contribution in [0.25, 0.3) is 11.3 Å². The highest BCUT2D eigenvalue weighted by atomic mass is 19.1. The summed E-state index contributed by atoms with van der Waals surface area (Å²) >= 11 is 0. The lowest BCUT2D eigenvalue weighted by Gasteiger charge is -2.15. The van der Waals surface area contributed by atoms with Gasteiger partial charge in [-0.2, -0.15) is 10.1 Å². The van der Waals surface area contributed by atoms with Gasteiger partial charge >= 0.3 is 0 Å². The summed E-state index contributed by atoms with van der Waals surface area (Å²) in [7, 11) is 0. The fraction of sp³-hybridized carbons (Fsp3) is 0.100. The van der Waals surface area contributed by atoms with E-state index in [0.29, 0.717) is 17.1 Å². The van der Waals surface area contributed by atoms with E-state index in [1.54, 1.807) is 31.2 Å². The first-order valence-electron chi connectivity index (χ1n) is 8.97. The van der Waals surface area contributed by atoms with Crippen molar-refractivity contribution in [2.75, 3.05) is 10.6 Å². The van der Waals surface area contributed by atoms with Crippen LogP contribution < -0.4 is 10.6 Å². The lowest BCUT2D eigenvalue weighted by molar-refractivity contribution is 0.566. The Morgan fingerprint density at radius 1 is 0.933 bits per heavy atom. The number of benzene rings is 2. The molecule has 2 aromatic carbocycles. The van der Waals surface area contributed by atoms with Crippen LogP contribution >= 0.6 is 0 Å². The molecule has 10 heteroatoms. The molecular formula is C20H16F3N7. The maximum atomic E-state index is 14.0. The zero-order valence-corrected chi connectivity index (χ0v) is 15.7. The van der Waals surface area contributed by atoms with Crippen molar-refractivity contribution in [3.63, 3.8) is 0 Å². The van der Waals surface area contributed by atoms with E-state index in [2.05, 4.69) is 35.8 Å². The predicted octanol–water partition coefficient (Wildman–Crippen LogP) is 4.60. The number of aromatic nitrogens is 5. The third-order valence-corrected chi connectivity index (χ3v) is 4.33. The van der Waals surface area contributed by atoms with Gasteiger partial charge in [-0.1, -0.05) is 18.2 Å².